The van der Waals surface area contributed by atoms with E-state index < -0.39 is 35.1 Å². The van der Waals surface area contributed by atoms with E-state index in [1.165, 1.54) is 0 Å². The number of carbonyl (C=O) groups excluding carboxylic acids is 3. The molecule has 3 fully saturated rings. The first kappa shape index (κ1) is 28.5. The topological polar surface area (TPSA) is 90.4 Å². The van der Waals surface area contributed by atoms with E-state index in [9.17, 15) is 19.5 Å². The number of ether oxygens (including phenoxy) is 1. The number of aliphatic hydroxyl groups excluding tert-OH is 1. The highest BCUT2D eigenvalue weighted by Crippen LogP contribution is 2.60. The molecule has 3 saturated heterocycles. The van der Waals surface area contributed by atoms with Crippen molar-refractivity contribution in [2.24, 2.45) is 11.8 Å². The lowest BCUT2D eigenvalue weighted by molar-refractivity contribution is -0.151. The number of rotatable bonds is 10. The third-order valence-corrected chi connectivity index (χ3v) is 8.74. The van der Waals surface area contributed by atoms with Crippen molar-refractivity contribution in [2.75, 3.05) is 31.1 Å². The Hall–Kier alpha value is -2.49. The number of benzene rings is 1. The molecule has 3 aliphatic heterocycles. The van der Waals surface area contributed by atoms with Gasteiger partial charge in [-0.25, -0.2) is 0 Å². The Balaban J connectivity index is 1.79. The van der Waals surface area contributed by atoms with Crippen LogP contribution in [0.4, 0.5) is 5.69 Å². The first-order valence-corrected chi connectivity index (χ1v) is 14.1. The quantitative estimate of drug-likeness (QED) is 0.335. The first-order valence-electron chi connectivity index (χ1n) is 13.2. The van der Waals surface area contributed by atoms with Crippen LogP contribution in [-0.2, 0) is 19.1 Å². The summed E-state index contributed by atoms with van der Waals surface area (Å²) in [6, 6.07) is 8.39. The molecule has 9 heteroatoms. The molecule has 3 heterocycles. The van der Waals surface area contributed by atoms with Crippen LogP contribution in [0.25, 0.3) is 0 Å². The molecule has 1 spiro atoms. The summed E-state index contributed by atoms with van der Waals surface area (Å²) in [5, 5.41) is 9.58. The predicted octanol–water partition coefficient (Wildman–Crippen LogP) is 3.15. The molecule has 2 bridgehead atoms. The van der Waals surface area contributed by atoms with Gasteiger partial charge in [0.2, 0.25) is 17.7 Å². The van der Waals surface area contributed by atoms with Crippen molar-refractivity contribution in [3.63, 3.8) is 0 Å². The molecule has 3 amide bonds. The number of alkyl halides is 1. The van der Waals surface area contributed by atoms with Crippen LogP contribution in [0.3, 0.4) is 0 Å². The van der Waals surface area contributed by atoms with Crippen molar-refractivity contribution in [3.8, 4) is 0 Å². The minimum atomic E-state index is -1.15. The Bertz CT molecular complexity index is 1090. The number of carbonyl (C=O) groups is 3. The third kappa shape index (κ3) is 4.62. The van der Waals surface area contributed by atoms with Gasteiger partial charge in [0.1, 0.15) is 11.6 Å². The van der Waals surface area contributed by atoms with Crippen LogP contribution in [0.1, 0.15) is 33.6 Å². The lowest BCUT2D eigenvalue weighted by Gasteiger charge is -2.42. The van der Waals surface area contributed by atoms with Gasteiger partial charge in [0.15, 0.2) is 0 Å². The van der Waals surface area contributed by atoms with Crippen molar-refractivity contribution in [2.45, 2.75) is 61.7 Å². The lowest BCUT2D eigenvalue weighted by Crippen LogP contribution is -2.60. The number of aliphatic hydroxyl groups is 1. The molecule has 1 aromatic rings. The second-order valence-electron chi connectivity index (χ2n) is 11.3. The average molecular weight is 589 g/mol. The van der Waals surface area contributed by atoms with Gasteiger partial charge in [-0.3, -0.25) is 14.4 Å². The summed E-state index contributed by atoms with van der Waals surface area (Å²) in [5.41, 5.74) is -0.968. The van der Waals surface area contributed by atoms with Crippen molar-refractivity contribution < 1.29 is 24.2 Å². The highest BCUT2D eigenvalue weighted by Gasteiger charge is 2.77. The minimum absolute atomic E-state index is 0.119. The molecule has 0 radical (unpaired) electrons. The van der Waals surface area contributed by atoms with E-state index in [2.05, 4.69) is 29.1 Å². The maximum Gasteiger partial charge on any atom is 0.249 e. The molecule has 38 heavy (non-hydrogen) atoms. The Morgan fingerprint density at radius 1 is 1.18 bits per heavy atom. The molecule has 206 valence electrons. The van der Waals surface area contributed by atoms with Crippen molar-refractivity contribution in [1.29, 1.82) is 0 Å². The number of fused-ring (bicyclic) bond motifs is 1. The smallest absolute Gasteiger partial charge is 0.249 e. The van der Waals surface area contributed by atoms with Crippen LogP contribution < -0.4 is 4.90 Å². The summed E-state index contributed by atoms with van der Waals surface area (Å²) < 4.78 is 6.63. The zero-order chi connectivity index (χ0) is 27.8. The molecule has 1 N–H and O–H groups in total. The van der Waals surface area contributed by atoms with Gasteiger partial charge in [0.25, 0.3) is 0 Å². The summed E-state index contributed by atoms with van der Waals surface area (Å²) >= 11 is 3.73. The molecule has 3 unspecified atom stereocenters. The van der Waals surface area contributed by atoms with Crippen LogP contribution >= 0.6 is 15.9 Å². The number of likely N-dealkylation sites (tertiary alicyclic amines) is 1. The molecule has 0 aliphatic carbocycles. The third-order valence-electron chi connectivity index (χ3n) is 7.90. The normalized spacial score (nSPS) is 29.8. The minimum Gasteiger partial charge on any atom is -0.396 e. The monoisotopic (exact) mass is 587 g/mol. The largest absolute Gasteiger partial charge is 0.396 e. The fourth-order valence-corrected chi connectivity index (χ4v) is 7.33. The van der Waals surface area contributed by atoms with E-state index >= 15 is 0 Å². The lowest BCUT2D eigenvalue weighted by atomic mass is 9.70. The molecule has 8 nitrogen and oxygen atoms in total. The van der Waals surface area contributed by atoms with Gasteiger partial charge in [0.05, 0.1) is 17.9 Å². The summed E-state index contributed by atoms with van der Waals surface area (Å²) in [5.74, 6) is -2.29. The molecule has 3 aliphatic rings. The van der Waals surface area contributed by atoms with E-state index in [-0.39, 0.29) is 42.2 Å². The number of hydrogen-bond acceptors (Lipinski definition) is 5. The predicted molar refractivity (Wildman–Crippen MR) is 150 cm³/mol. The molecular weight excluding hydrogens is 550 g/mol. The van der Waals surface area contributed by atoms with Gasteiger partial charge in [0, 0.05) is 42.3 Å². The van der Waals surface area contributed by atoms with Gasteiger partial charge in [-0.1, -0.05) is 46.3 Å². The fraction of sp³-hybridized carbons (Fsp3) is 0.552. The maximum absolute atomic E-state index is 14.3. The van der Waals surface area contributed by atoms with Crippen molar-refractivity contribution in [1.82, 2.24) is 9.80 Å². The van der Waals surface area contributed by atoms with Crippen molar-refractivity contribution >= 4 is 39.3 Å². The van der Waals surface area contributed by atoms with E-state index in [1.807, 2.05) is 51.1 Å². The van der Waals surface area contributed by atoms with Crippen molar-refractivity contribution in [3.05, 3.63) is 55.6 Å². The Morgan fingerprint density at radius 2 is 1.84 bits per heavy atom. The average Bonchev–Trinajstić information content (AvgIpc) is 3.47. The molecular formula is C29H38BrN3O5. The van der Waals surface area contributed by atoms with Gasteiger partial charge in [-0.05, 0) is 45.7 Å². The van der Waals surface area contributed by atoms with E-state index in [0.717, 1.165) is 0 Å². The van der Waals surface area contributed by atoms with E-state index in [4.69, 9.17) is 4.74 Å². The molecule has 6 atom stereocenters. The maximum atomic E-state index is 14.3. The van der Waals surface area contributed by atoms with Crippen LogP contribution in [0.5, 0.6) is 0 Å². The summed E-state index contributed by atoms with van der Waals surface area (Å²) in [7, 11) is 0. The van der Waals surface area contributed by atoms with Gasteiger partial charge in [-0.2, -0.15) is 0 Å². The van der Waals surface area contributed by atoms with Crippen LogP contribution in [-0.4, -0.2) is 87.0 Å². The highest BCUT2D eigenvalue weighted by molar-refractivity contribution is 9.09. The number of anilines is 1. The second-order valence-corrected chi connectivity index (χ2v) is 12.4. The molecule has 0 aromatic heterocycles. The number of halogens is 1. The zero-order valence-electron chi connectivity index (χ0n) is 22.4. The van der Waals surface area contributed by atoms with Crippen LogP contribution in [0.2, 0.25) is 0 Å². The Kier molecular flexibility index (Phi) is 8.21. The Labute approximate surface area is 233 Å². The summed E-state index contributed by atoms with van der Waals surface area (Å²) in [4.78, 5) is 47.3. The van der Waals surface area contributed by atoms with Gasteiger partial charge in [-0.15, -0.1) is 13.2 Å². The highest BCUT2D eigenvalue weighted by atomic mass is 79.9. The van der Waals surface area contributed by atoms with Crippen LogP contribution in [0, 0.1) is 11.8 Å². The fourth-order valence-electron chi connectivity index (χ4n) is 6.38. The molecule has 1 aromatic carbocycles. The zero-order valence-corrected chi connectivity index (χ0v) is 24.0. The number of hydrogen-bond donors (Lipinski definition) is 1. The number of nitrogens with zero attached hydrogens (tertiary/aromatic N) is 3. The standard InChI is InChI=1S/C29H38BrN3O5/c1-6-14-31(19-12-9-8-10-13-19)25(35)21-22-26(36)32(16-11-17-34)24(29(22)18-20(30)23(21)38-29)27(37)33(15-7-2)28(3,4)5/h6-10,12-13,20-24,34H,1-2,11,14-18H2,3-5H3/t20?,21-,22+,23-,24?,29?/m1/s1. The number of amides is 3. The van der Waals surface area contributed by atoms with Gasteiger partial charge < -0.3 is 24.5 Å². The summed E-state index contributed by atoms with van der Waals surface area (Å²) in [6.07, 6.45) is 3.54. The summed E-state index contributed by atoms with van der Waals surface area (Å²) in [6.45, 7) is 14.2. The van der Waals surface area contributed by atoms with Gasteiger partial charge >= 0.3 is 0 Å². The van der Waals surface area contributed by atoms with Crippen LogP contribution in [0.15, 0.2) is 55.6 Å². The van der Waals surface area contributed by atoms with E-state index in [1.54, 1.807) is 26.9 Å². The Morgan fingerprint density at radius 3 is 2.42 bits per heavy atom. The second kappa shape index (κ2) is 10.9. The van der Waals surface area contributed by atoms with E-state index in [0.29, 0.717) is 25.1 Å². The SMILES string of the molecule is C=CCN(C(=O)[C@H]1[C@@H]2OC3(CC2Br)C(C(=O)N(CC=C)C(C)(C)C)N(CCCO)C(=O)[C@H]13)c1ccccc1. The number of para-hydroxylation sites is 1. The molecule has 0 saturated carbocycles. The molecule has 4 rings (SSSR count). The first-order chi connectivity index (χ1) is 18.0.